The first-order valence-electron chi connectivity index (χ1n) is 6.66. The van der Waals surface area contributed by atoms with Gasteiger partial charge in [-0.3, -0.25) is 4.79 Å². The van der Waals surface area contributed by atoms with Gasteiger partial charge in [0.1, 0.15) is 5.82 Å². The van der Waals surface area contributed by atoms with Gasteiger partial charge >= 0.3 is 0 Å². The predicted octanol–water partition coefficient (Wildman–Crippen LogP) is 2.72. The third-order valence-electron chi connectivity index (χ3n) is 3.83. The van der Waals surface area contributed by atoms with E-state index in [0.717, 1.165) is 6.42 Å². The van der Waals surface area contributed by atoms with Crippen molar-refractivity contribution in [2.75, 3.05) is 7.05 Å². The number of rotatable bonds is 5. The molecule has 3 nitrogen and oxygen atoms in total. The predicted molar refractivity (Wildman–Crippen MR) is 75.0 cm³/mol. The lowest BCUT2D eigenvalue weighted by Crippen LogP contribution is -2.46. The standard InChI is InChI=1S/C15H23FN2O/c1-5-10(2)14(17)15(19)18(4)11(3)12-8-6-7-9-13(12)16/h6-11,14H,5,17H2,1-4H3/t10-,11?,14-/m0/s1. The zero-order valence-corrected chi connectivity index (χ0v) is 12.1. The second-order valence-corrected chi connectivity index (χ2v) is 5.06. The zero-order chi connectivity index (χ0) is 14.6. The van der Waals surface area contributed by atoms with E-state index in [1.807, 2.05) is 13.8 Å². The Kier molecular flexibility index (Phi) is 5.48. The van der Waals surface area contributed by atoms with Gasteiger partial charge in [-0.25, -0.2) is 4.39 Å². The highest BCUT2D eigenvalue weighted by Crippen LogP contribution is 2.23. The van der Waals surface area contributed by atoms with Crippen LogP contribution >= 0.6 is 0 Å². The highest BCUT2D eigenvalue weighted by atomic mass is 19.1. The molecule has 0 aliphatic carbocycles. The molecule has 0 saturated carbocycles. The molecule has 2 N–H and O–H groups in total. The fourth-order valence-corrected chi connectivity index (χ4v) is 1.95. The minimum atomic E-state index is -0.538. The molecule has 0 aliphatic heterocycles. The maximum absolute atomic E-state index is 13.7. The van der Waals surface area contributed by atoms with Gasteiger partial charge in [-0.2, -0.15) is 0 Å². The van der Waals surface area contributed by atoms with Crippen LogP contribution in [0.25, 0.3) is 0 Å². The van der Waals surface area contributed by atoms with E-state index in [1.54, 1.807) is 32.2 Å². The molecule has 106 valence electrons. The average molecular weight is 266 g/mol. The Hall–Kier alpha value is -1.42. The van der Waals surface area contributed by atoms with E-state index in [2.05, 4.69) is 0 Å². The van der Waals surface area contributed by atoms with Crippen LogP contribution in [0.15, 0.2) is 24.3 Å². The summed E-state index contributed by atoms with van der Waals surface area (Å²) in [5.41, 5.74) is 6.45. The molecule has 0 spiro atoms. The summed E-state index contributed by atoms with van der Waals surface area (Å²) < 4.78 is 13.7. The summed E-state index contributed by atoms with van der Waals surface area (Å²) in [6, 6.07) is 5.63. The first-order valence-corrected chi connectivity index (χ1v) is 6.66. The van der Waals surface area contributed by atoms with Gasteiger partial charge in [0.15, 0.2) is 0 Å². The number of hydrogen-bond donors (Lipinski definition) is 1. The first-order chi connectivity index (χ1) is 8.90. The maximum Gasteiger partial charge on any atom is 0.240 e. The molecule has 19 heavy (non-hydrogen) atoms. The van der Waals surface area contributed by atoms with Gasteiger partial charge < -0.3 is 10.6 Å². The van der Waals surface area contributed by atoms with E-state index in [0.29, 0.717) is 5.56 Å². The minimum absolute atomic E-state index is 0.114. The molecule has 0 saturated heterocycles. The molecule has 3 atom stereocenters. The van der Waals surface area contributed by atoms with Gasteiger partial charge in [-0.05, 0) is 18.9 Å². The normalized spacial score (nSPS) is 15.7. The van der Waals surface area contributed by atoms with Crippen molar-refractivity contribution in [3.63, 3.8) is 0 Å². The van der Waals surface area contributed by atoms with Crippen molar-refractivity contribution in [3.8, 4) is 0 Å². The Morgan fingerprint density at radius 1 is 1.37 bits per heavy atom. The number of benzene rings is 1. The Balaban J connectivity index is 2.85. The van der Waals surface area contributed by atoms with E-state index in [-0.39, 0.29) is 23.7 Å². The molecular formula is C15H23FN2O. The van der Waals surface area contributed by atoms with Gasteiger partial charge in [0, 0.05) is 12.6 Å². The van der Waals surface area contributed by atoms with Crippen LogP contribution in [0, 0.1) is 11.7 Å². The Morgan fingerprint density at radius 3 is 2.47 bits per heavy atom. The summed E-state index contributed by atoms with van der Waals surface area (Å²) in [6.45, 7) is 5.75. The second-order valence-electron chi connectivity index (χ2n) is 5.06. The van der Waals surface area contributed by atoms with Crippen molar-refractivity contribution in [2.45, 2.75) is 39.3 Å². The zero-order valence-electron chi connectivity index (χ0n) is 12.1. The van der Waals surface area contributed by atoms with E-state index in [1.165, 1.54) is 11.0 Å². The van der Waals surface area contributed by atoms with E-state index < -0.39 is 6.04 Å². The number of hydrogen-bond acceptors (Lipinski definition) is 2. The van der Waals surface area contributed by atoms with E-state index in [4.69, 9.17) is 5.73 Å². The molecule has 0 aliphatic rings. The van der Waals surface area contributed by atoms with Crippen LogP contribution in [0.2, 0.25) is 0 Å². The Bertz CT molecular complexity index is 436. The van der Waals surface area contributed by atoms with Crippen molar-refractivity contribution >= 4 is 5.91 Å². The maximum atomic E-state index is 13.7. The molecule has 4 heteroatoms. The highest BCUT2D eigenvalue weighted by Gasteiger charge is 2.27. The summed E-state index contributed by atoms with van der Waals surface area (Å²) in [5.74, 6) is -0.334. The number of likely N-dealkylation sites (N-methyl/N-ethyl adjacent to an activating group) is 1. The Morgan fingerprint density at radius 2 is 1.95 bits per heavy atom. The van der Waals surface area contributed by atoms with Gasteiger partial charge in [0.2, 0.25) is 5.91 Å². The van der Waals surface area contributed by atoms with Gasteiger partial charge in [-0.15, -0.1) is 0 Å². The summed E-state index contributed by atoms with van der Waals surface area (Å²) in [4.78, 5) is 13.8. The molecule has 1 amide bonds. The molecule has 1 rings (SSSR count). The number of halogens is 1. The number of nitrogens with two attached hydrogens (primary N) is 1. The molecule has 0 radical (unpaired) electrons. The summed E-state index contributed by atoms with van der Waals surface area (Å²) in [7, 11) is 1.67. The number of carbonyl (C=O) groups is 1. The molecule has 1 aromatic carbocycles. The van der Waals surface area contributed by atoms with Crippen LogP contribution in [0.5, 0.6) is 0 Å². The Labute approximate surface area is 114 Å². The van der Waals surface area contributed by atoms with Crippen LogP contribution in [-0.4, -0.2) is 23.9 Å². The van der Waals surface area contributed by atoms with Crippen molar-refractivity contribution in [3.05, 3.63) is 35.6 Å². The molecule has 1 aromatic rings. The van der Waals surface area contributed by atoms with Crippen LogP contribution in [0.1, 0.15) is 38.8 Å². The van der Waals surface area contributed by atoms with Crippen LogP contribution < -0.4 is 5.73 Å². The quantitative estimate of drug-likeness (QED) is 0.890. The number of carbonyl (C=O) groups excluding carboxylic acids is 1. The third-order valence-corrected chi connectivity index (χ3v) is 3.83. The lowest BCUT2D eigenvalue weighted by atomic mass is 9.97. The lowest BCUT2D eigenvalue weighted by molar-refractivity contribution is -0.134. The average Bonchev–Trinajstić information content (AvgIpc) is 2.43. The molecule has 0 bridgehead atoms. The van der Waals surface area contributed by atoms with Crippen LogP contribution in [0.3, 0.4) is 0 Å². The largest absolute Gasteiger partial charge is 0.338 e. The monoisotopic (exact) mass is 266 g/mol. The fourth-order valence-electron chi connectivity index (χ4n) is 1.95. The smallest absolute Gasteiger partial charge is 0.240 e. The molecular weight excluding hydrogens is 243 g/mol. The van der Waals surface area contributed by atoms with Crippen LogP contribution in [-0.2, 0) is 4.79 Å². The van der Waals surface area contributed by atoms with Crippen molar-refractivity contribution in [1.29, 1.82) is 0 Å². The van der Waals surface area contributed by atoms with Crippen molar-refractivity contribution in [1.82, 2.24) is 4.90 Å². The number of nitrogens with zero attached hydrogens (tertiary/aromatic N) is 1. The fraction of sp³-hybridized carbons (Fsp3) is 0.533. The van der Waals surface area contributed by atoms with Crippen molar-refractivity contribution in [2.24, 2.45) is 11.7 Å². The molecule has 0 heterocycles. The van der Waals surface area contributed by atoms with Gasteiger partial charge in [0.05, 0.1) is 12.1 Å². The SMILES string of the molecule is CC[C@H](C)[C@H](N)C(=O)N(C)C(C)c1ccccc1F. The lowest BCUT2D eigenvalue weighted by Gasteiger charge is -2.30. The third kappa shape index (κ3) is 3.53. The topological polar surface area (TPSA) is 46.3 Å². The molecule has 0 fully saturated rings. The van der Waals surface area contributed by atoms with E-state index >= 15 is 0 Å². The number of amides is 1. The summed E-state index contributed by atoms with van der Waals surface area (Å²) in [5, 5.41) is 0. The summed E-state index contributed by atoms with van der Waals surface area (Å²) >= 11 is 0. The van der Waals surface area contributed by atoms with E-state index in [9.17, 15) is 9.18 Å². The molecule has 1 unspecified atom stereocenters. The van der Waals surface area contributed by atoms with Gasteiger partial charge in [0.25, 0.3) is 0 Å². The highest BCUT2D eigenvalue weighted by molar-refractivity contribution is 5.82. The van der Waals surface area contributed by atoms with Crippen LogP contribution in [0.4, 0.5) is 4.39 Å². The summed E-state index contributed by atoms with van der Waals surface area (Å²) in [6.07, 6.45) is 0.842. The first kappa shape index (κ1) is 15.6. The minimum Gasteiger partial charge on any atom is -0.338 e. The molecule has 0 aromatic heterocycles. The van der Waals surface area contributed by atoms with Crippen molar-refractivity contribution < 1.29 is 9.18 Å². The second kappa shape index (κ2) is 6.66. The van der Waals surface area contributed by atoms with Gasteiger partial charge in [-0.1, -0.05) is 38.5 Å².